The minimum Gasteiger partial charge on any atom is -0.356 e. The molecule has 2 rings (SSSR count). The van der Waals surface area contributed by atoms with E-state index < -0.39 is 0 Å². The van der Waals surface area contributed by atoms with Gasteiger partial charge in [0.2, 0.25) is 5.91 Å². The Morgan fingerprint density at radius 3 is 2.61 bits per heavy atom. The van der Waals surface area contributed by atoms with Crippen molar-refractivity contribution in [3.8, 4) is 0 Å². The first-order valence-electron chi connectivity index (χ1n) is 7.41. The van der Waals surface area contributed by atoms with Crippen molar-refractivity contribution < 1.29 is 4.79 Å². The third kappa shape index (κ3) is 3.45. The van der Waals surface area contributed by atoms with Crippen LogP contribution in [0.25, 0.3) is 0 Å². The lowest BCUT2D eigenvalue weighted by atomic mass is 9.93. The highest BCUT2D eigenvalue weighted by atomic mass is 16.1. The van der Waals surface area contributed by atoms with E-state index in [0.717, 1.165) is 19.5 Å². The summed E-state index contributed by atoms with van der Waals surface area (Å²) in [5, 5.41) is 2.97. The molecule has 0 bridgehead atoms. The number of likely N-dealkylation sites (tertiary alicyclic amines) is 2. The Kier molecular flexibility index (Phi) is 5.01. The summed E-state index contributed by atoms with van der Waals surface area (Å²) in [6.45, 7) is 7.31. The smallest absolute Gasteiger partial charge is 0.224 e. The molecule has 0 aromatic carbocycles. The summed E-state index contributed by atoms with van der Waals surface area (Å²) in [6, 6.07) is 0.707. The number of hydrogen-bond acceptors (Lipinski definition) is 3. The van der Waals surface area contributed by atoms with Gasteiger partial charge in [-0.25, -0.2) is 0 Å². The Labute approximate surface area is 111 Å². The Balaban J connectivity index is 1.84. The van der Waals surface area contributed by atoms with Crippen LogP contribution < -0.4 is 5.32 Å². The van der Waals surface area contributed by atoms with E-state index in [2.05, 4.69) is 22.2 Å². The van der Waals surface area contributed by atoms with E-state index in [0.29, 0.717) is 6.04 Å². The third-order valence-corrected chi connectivity index (χ3v) is 4.38. The minimum absolute atomic E-state index is 0.221. The van der Waals surface area contributed by atoms with Gasteiger partial charge in [0.05, 0.1) is 5.92 Å². The number of piperidine rings is 2. The van der Waals surface area contributed by atoms with Crippen LogP contribution in [-0.2, 0) is 4.79 Å². The predicted molar refractivity (Wildman–Crippen MR) is 73.5 cm³/mol. The Morgan fingerprint density at radius 1 is 1.22 bits per heavy atom. The number of nitrogens with one attached hydrogen (secondary N) is 1. The standard InChI is InChI=1S/C14H27N3O/c1-3-15-14(18)12-5-4-8-17(11-12)13-6-9-16(2)10-7-13/h12-13H,3-11H2,1-2H3,(H,15,18)/t12-/m1/s1. The van der Waals surface area contributed by atoms with Crippen LogP contribution in [0.5, 0.6) is 0 Å². The van der Waals surface area contributed by atoms with Crippen LogP contribution in [0.4, 0.5) is 0 Å². The maximum Gasteiger partial charge on any atom is 0.224 e. The van der Waals surface area contributed by atoms with Crippen LogP contribution in [0.1, 0.15) is 32.6 Å². The summed E-state index contributed by atoms with van der Waals surface area (Å²) in [5.74, 6) is 0.480. The van der Waals surface area contributed by atoms with E-state index in [1.165, 1.54) is 38.9 Å². The summed E-state index contributed by atoms with van der Waals surface area (Å²) >= 11 is 0. The van der Waals surface area contributed by atoms with Gasteiger partial charge in [0.15, 0.2) is 0 Å². The topological polar surface area (TPSA) is 35.6 Å². The molecule has 0 spiro atoms. The van der Waals surface area contributed by atoms with Gasteiger partial charge in [0.25, 0.3) is 0 Å². The van der Waals surface area contributed by atoms with E-state index in [1.54, 1.807) is 0 Å². The van der Waals surface area contributed by atoms with Gasteiger partial charge < -0.3 is 10.2 Å². The van der Waals surface area contributed by atoms with Crippen molar-refractivity contribution in [3.05, 3.63) is 0 Å². The molecule has 2 aliphatic rings. The number of rotatable bonds is 3. The molecule has 104 valence electrons. The number of hydrogen-bond donors (Lipinski definition) is 1. The molecule has 2 fully saturated rings. The van der Waals surface area contributed by atoms with Gasteiger partial charge in [0.1, 0.15) is 0 Å². The fourth-order valence-corrected chi connectivity index (χ4v) is 3.23. The lowest BCUT2D eigenvalue weighted by Crippen LogP contribution is -2.50. The highest BCUT2D eigenvalue weighted by Gasteiger charge is 2.30. The molecule has 0 unspecified atom stereocenters. The molecular formula is C14H27N3O. The third-order valence-electron chi connectivity index (χ3n) is 4.38. The molecule has 2 saturated heterocycles. The van der Waals surface area contributed by atoms with Gasteiger partial charge in [-0.2, -0.15) is 0 Å². The van der Waals surface area contributed by atoms with Crippen molar-refractivity contribution in [1.82, 2.24) is 15.1 Å². The van der Waals surface area contributed by atoms with E-state index in [1.807, 2.05) is 6.92 Å². The van der Waals surface area contributed by atoms with Crippen LogP contribution in [0.2, 0.25) is 0 Å². The quantitative estimate of drug-likeness (QED) is 0.813. The van der Waals surface area contributed by atoms with Gasteiger partial charge in [-0.1, -0.05) is 0 Å². The lowest BCUT2D eigenvalue weighted by molar-refractivity contribution is -0.127. The zero-order chi connectivity index (χ0) is 13.0. The molecule has 18 heavy (non-hydrogen) atoms. The van der Waals surface area contributed by atoms with E-state index in [-0.39, 0.29) is 11.8 Å². The van der Waals surface area contributed by atoms with Gasteiger partial charge in [-0.3, -0.25) is 9.69 Å². The molecule has 4 nitrogen and oxygen atoms in total. The predicted octanol–water partition coefficient (Wildman–Crippen LogP) is 0.929. The van der Waals surface area contributed by atoms with Crippen LogP contribution in [0, 0.1) is 5.92 Å². The molecule has 0 saturated carbocycles. The van der Waals surface area contributed by atoms with Gasteiger partial charge in [0, 0.05) is 19.1 Å². The molecule has 0 aromatic heterocycles. The second kappa shape index (κ2) is 6.53. The Bertz CT molecular complexity index is 274. The van der Waals surface area contributed by atoms with Gasteiger partial charge in [-0.05, 0) is 59.3 Å². The monoisotopic (exact) mass is 253 g/mol. The fraction of sp³-hybridized carbons (Fsp3) is 0.929. The van der Waals surface area contributed by atoms with E-state index >= 15 is 0 Å². The second-order valence-electron chi connectivity index (χ2n) is 5.76. The summed E-state index contributed by atoms with van der Waals surface area (Å²) in [5.41, 5.74) is 0. The minimum atomic E-state index is 0.221. The zero-order valence-electron chi connectivity index (χ0n) is 11.8. The van der Waals surface area contributed by atoms with Gasteiger partial charge in [-0.15, -0.1) is 0 Å². The molecule has 1 amide bonds. The van der Waals surface area contributed by atoms with E-state index in [9.17, 15) is 4.79 Å². The molecule has 2 heterocycles. The second-order valence-corrected chi connectivity index (χ2v) is 5.76. The van der Waals surface area contributed by atoms with Crippen molar-refractivity contribution in [3.63, 3.8) is 0 Å². The van der Waals surface area contributed by atoms with Gasteiger partial charge >= 0.3 is 0 Å². The summed E-state index contributed by atoms with van der Waals surface area (Å²) in [7, 11) is 2.20. The zero-order valence-corrected chi connectivity index (χ0v) is 11.8. The number of carbonyl (C=O) groups is 1. The molecule has 1 atom stereocenters. The molecule has 0 aliphatic carbocycles. The first kappa shape index (κ1) is 13.8. The van der Waals surface area contributed by atoms with Crippen LogP contribution in [0.3, 0.4) is 0 Å². The maximum absolute atomic E-state index is 11.9. The van der Waals surface area contributed by atoms with Crippen LogP contribution in [-0.4, -0.2) is 61.5 Å². The Hall–Kier alpha value is -0.610. The SMILES string of the molecule is CCNC(=O)[C@@H]1CCCN(C2CCN(C)CC2)C1. The van der Waals surface area contributed by atoms with E-state index in [4.69, 9.17) is 0 Å². The molecule has 0 aromatic rings. The molecular weight excluding hydrogens is 226 g/mol. The molecule has 1 N–H and O–H groups in total. The maximum atomic E-state index is 11.9. The summed E-state index contributed by atoms with van der Waals surface area (Å²) in [6.07, 6.45) is 4.76. The number of nitrogens with zero attached hydrogens (tertiary/aromatic N) is 2. The van der Waals surface area contributed by atoms with Crippen LogP contribution >= 0.6 is 0 Å². The lowest BCUT2D eigenvalue weighted by Gasteiger charge is -2.41. The first-order chi connectivity index (χ1) is 8.70. The average Bonchev–Trinajstić information content (AvgIpc) is 2.40. The number of amides is 1. The van der Waals surface area contributed by atoms with Crippen LogP contribution in [0.15, 0.2) is 0 Å². The van der Waals surface area contributed by atoms with Crippen molar-refractivity contribution in [2.75, 3.05) is 39.8 Å². The average molecular weight is 253 g/mol. The van der Waals surface area contributed by atoms with Crippen molar-refractivity contribution in [1.29, 1.82) is 0 Å². The fourth-order valence-electron chi connectivity index (χ4n) is 3.23. The van der Waals surface area contributed by atoms with Crippen molar-refractivity contribution >= 4 is 5.91 Å². The highest BCUT2D eigenvalue weighted by molar-refractivity contribution is 5.78. The molecule has 0 radical (unpaired) electrons. The largest absolute Gasteiger partial charge is 0.356 e. The molecule has 4 heteroatoms. The highest BCUT2D eigenvalue weighted by Crippen LogP contribution is 2.23. The first-order valence-corrected chi connectivity index (χ1v) is 7.41. The molecule has 2 aliphatic heterocycles. The summed E-state index contributed by atoms with van der Waals surface area (Å²) < 4.78 is 0. The Morgan fingerprint density at radius 2 is 1.94 bits per heavy atom. The number of carbonyl (C=O) groups excluding carboxylic acids is 1. The van der Waals surface area contributed by atoms with Crippen molar-refractivity contribution in [2.24, 2.45) is 5.92 Å². The summed E-state index contributed by atoms with van der Waals surface area (Å²) in [4.78, 5) is 16.9. The normalized spacial score (nSPS) is 28.2. The van der Waals surface area contributed by atoms with Crippen molar-refractivity contribution in [2.45, 2.75) is 38.6 Å².